The molecule has 1 N–H and O–H groups in total. The molecule has 0 saturated heterocycles. The Hall–Kier alpha value is -0.630. The van der Waals surface area contributed by atoms with Gasteiger partial charge in [-0.25, -0.2) is 0 Å². The Balaban J connectivity index is 3.10. The molecule has 1 atom stereocenters. The van der Waals surface area contributed by atoms with Crippen LogP contribution in [0.5, 0.6) is 0 Å². The number of rotatable bonds is 14. The normalized spacial score (nSPS) is 12.9. The number of aliphatic hydroxyl groups is 1. The van der Waals surface area contributed by atoms with E-state index in [-0.39, 0.29) is 0 Å². The lowest BCUT2D eigenvalue weighted by Crippen LogP contribution is -2.01. The fourth-order valence-corrected chi connectivity index (χ4v) is 2.29. The molecule has 0 aromatic rings. The van der Waals surface area contributed by atoms with E-state index in [4.69, 9.17) is 0 Å². The number of aldehydes is 1. The minimum atomic E-state index is -0.441. The molecule has 0 amide bonds. The van der Waals surface area contributed by atoms with E-state index in [1.807, 2.05) is 0 Å². The molecule has 0 aromatic carbocycles. The van der Waals surface area contributed by atoms with Gasteiger partial charge in [-0.05, 0) is 12.5 Å². The lowest BCUT2D eigenvalue weighted by Gasteiger charge is -2.05. The number of aliphatic hydroxyl groups excluding tert-OH is 1. The maximum absolute atomic E-state index is 10.1. The standard InChI is InChI=1S/C17H32O2/c1-2-3-4-5-6-7-8-9-10-11-12-14-17(19)15-13-16-18/h13,15-17,19H,2-12,14H2,1H3/b15-13+. The molecule has 0 saturated carbocycles. The number of carbonyl (C=O) groups excluding carboxylic acids is 1. The molecule has 19 heavy (non-hydrogen) atoms. The predicted molar refractivity (Wildman–Crippen MR) is 82.3 cm³/mol. The Kier molecular flexibility index (Phi) is 14.9. The Morgan fingerprint density at radius 1 is 0.842 bits per heavy atom. The van der Waals surface area contributed by atoms with Gasteiger partial charge in [0.25, 0.3) is 0 Å². The van der Waals surface area contributed by atoms with Gasteiger partial charge >= 0.3 is 0 Å². The zero-order chi connectivity index (χ0) is 14.2. The van der Waals surface area contributed by atoms with E-state index in [2.05, 4.69) is 6.92 Å². The molecule has 1 unspecified atom stereocenters. The minimum Gasteiger partial charge on any atom is -0.389 e. The average Bonchev–Trinajstić information content (AvgIpc) is 2.42. The van der Waals surface area contributed by atoms with Gasteiger partial charge < -0.3 is 5.11 Å². The molecule has 0 aromatic heterocycles. The molecule has 0 radical (unpaired) electrons. The van der Waals surface area contributed by atoms with Gasteiger partial charge in [-0.2, -0.15) is 0 Å². The highest BCUT2D eigenvalue weighted by Crippen LogP contribution is 2.12. The molecule has 2 heteroatoms. The van der Waals surface area contributed by atoms with Gasteiger partial charge in [0, 0.05) is 0 Å². The number of carbonyl (C=O) groups is 1. The van der Waals surface area contributed by atoms with Crippen molar-refractivity contribution in [2.75, 3.05) is 0 Å². The van der Waals surface area contributed by atoms with Crippen LogP contribution >= 0.6 is 0 Å². The zero-order valence-corrected chi connectivity index (χ0v) is 12.7. The van der Waals surface area contributed by atoms with Crippen LogP contribution in [0.4, 0.5) is 0 Å². The highest BCUT2D eigenvalue weighted by atomic mass is 16.3. The Labute approximate surface area is 119 Å². The summed E-state index contributed by atoms with van der Waals surface area (Å²) in [5, 5.41) is 9.48. The monoisotopic (exact) mass is 268 g/mol. The quantitative estimate of drug-likeness (QED) is 0.279. The molecule has 2 nitrogen and oxygen atoms in total. The first kappa shape index (κ1) is 18.4. The minimum absolute atomic E-state index is 0.441. The second-order valence-electron chi connectivity index (χ2n) is 5.41. The third-order valence-corrected chi connectivity index (χ3v) is 3.52. The van der Waals surface area contributed by atoms with Crippen LogP contribution in [0.15, 0.2) is 12.2 Å². The molecule has 0 rings (SSSR count). The Morgan fingerprint density at radius 3 is 1.79 bits per heavy atom. The van der Waals surface area contributed by atoms with Crippen LogP contribution in [0.3, 0.4) is 0 Å². The van der Waals surface area contributed by atoms with E-state index < -0.39 is 6.10 Å². The van der Waals surface area contributed by atoms with Gasteiger partial charge in [0.2, 0.25) is 0 Å². The van der Waals surface area contributed by atoms with Crippen molar-refractivity contribution in [3.63, 3.8) is 0 Å². The second kappa shape index (κ2) is 15.4. The molecule has 112 valence electrons. The first-order valence-corrected chi connectivity index (χ1v) is 8.11. The topological polar surface area (TPSA) is 37.3 Å². The Bertz CT molecular complexity index is 211. The summed E-state index contributed by atoms with van der Waals surface area (Å²) < 4.78 is 0. The van der Waals surface area contributed by atoms with E-state index in [1.54, 1.807) is 6.08 Å². The molecule has 0 aliphatic carbocycles. The maximum atomic E-state index is 10.1. The molecule has 0 bridgehead atoms. The summed E-state index contributed by atoms with van der Waals surface area (Å²) in [6.07, 6.45) is 18.5. The van der Waals surface area contributed by atoms with E-state index in [0.29, 0.717) is 6.29 Å². The van der Waals surface area contributed by atoms with Gasteiger partial charge in [0.1, 0.15) is 6.29 Å². The van der Waals surface area contributed by atoms with Crippen molar-refractivity contribution < 1.29 is 9.90 Å². The summed E-state index contributed by atoms with van der Waals surface area (Å²) in [6, 6.07) is 0. The van der Waals surface area contributed by atoms with Crippen LogP contribution in [0.25, 0.3) is 0 Å². The summed E-state index contributed by atoms with van der Waals surface area (Å²) in [6.45, 7) is 2.26. The van der Waals surface area contributed by atoms with Crippen molar-refractivity contribution in [1.82, 2.24) is 0 Å². The maximum Gasteiger partial charge on any atom is 0.142 e. The highest BCUT2D eigenvalue weighted by Gasteiger charge is 1.98. The third kappa shape index (κ3) is 15.3. The van der Waals surface area contributed by atoms with Crippen LogP contribution in [-0.2, 0) is 4.79 Å². The summed E-state index contributed by atoms with van der Waals surface area (Å²) in [4.78, 5) is 10.1. The van der Waals surface area contributed by atoms with Crippen molar-refractivity contribution in [3.8, 4) is 0 Å². The molecule has 0 fully saturated rings. The van der Waals surface area contributed by atoms with Crippen LogP contribution in [-0.4, -0.2) is 17.5 Å². The number of unbranched alkanes of at least 4 members (excludes halogenated alkanes) is 10. The molecule has 0 aliphatic rings. The van der Waals surface area contributed by atoms with Gasteiger partial charge in [0.15, 0.2) is 0 Å². The fourth-order valence-electron chi connectivity index (χ4n) is 2.29. The fraction of sp³-hybridized carbons (Fsp3) is 0.824. The summed E-state index contributed by atoms with van der Waals surface area (Å²) >= 11 is 0. The predicted octanol–water partition coefficient (Wildman–Crippen LogP) is 4.80. The molecular weight excluding hydrogens is 236 g/mol. The zero-order valence-electron chi connectivity index (χ0n) is 12.7. The van der Waals surface area contributed by atoms with Crippen LogP contribution in [0.2, 0.25) is 0 Å². The largest absolute Gasteiger partial charge is 0.389 e. The van der Waals surface area contributed by atoms with Crippen molar-refractivity contribution in [1.29, 1.82) is 0 Å². The lowest BCUT2D eigenvalue weighted by molar-refractivity contribution is -0.104. The van der Waals surface area contributed by atoms with Crippen molar-refractivity contribution in [2.45, 2.75) is 90.1 Å². The van der Waals surface area contributed by atoms with Crippen molar-refractivity contribution >= 4 is 6.29 Å². The number of hydrogen-bond donors (Lipinski definition) is 1. The Morgan fingerprint density at radius 2 is 1.32 bits per heavy atom. The van der Waals surface area contributed by atoms with E-state index in [9.17, 15) is 9.90 Å². The van der Waals surface area contributed by atoms with Gasteiger partial charge in [0.05, 0.1) is 6.10 Å². The van der Waals surface area contributed by atoms with Crippen molar-refractivity contribution in [2.24, 2.45) is 0 Å². The van der Waals surface area contributed by atoms with Crippen LogP contribution < -0.4 is 0 Å². The highest BCUT2D eigenvalue weighted by molar-refractivity contribution is 5.64. The smallest absolute Gasteiger partial charge is 0.142 e. The first-order valence-electron chi connectivity index (χ1n) is 8.11. The number of hydrogen-bond acceptors (Lipinski definition) is 2. The second-order valence-corrected chi connectivity index (χ2v) is 5.41. The van der Waals surface area contributed by atoms with E-state index >= 15 is 0 Å². The summed E-state index contributed by atoms with van der Waals surface area (Å²) in [7, 11) is 0. The van der Waals surface area contributed by atoms with E-state index in [1.165, 1.54) is 70.3 Å². The average molecular weight is 268 g/mol. The van der Waals surface area contributed by atoms with Gasteiger partial charge in [-0.1, -0.05) is 83.6 Å². The summed E-state index contributed by atoms with van der Waals surface area (Å²) in [5.74, 6) is 0. The SMILES string of the molecule is CCCCCCCCCCCCCC(O)/C=C/C=O. The van der Waals surface area contributed by atoms with E-state index in [0.717, 1.165) is 12.8 Å². The lowest BCUT2D eigenvalue weighted by atomic mass is 10.0. The molecule has 0 heterocycles. The first-order chi connectivity index (χ1) is 9.31. The molecular formula is C17H32O2. The van der Waals surface area contributed by atoms with Crippen LogP contribution in [0, 0.1) is 0 Å². The molecule has 0 aliphatic heterocycles. The molecule has 0 spiro atoms. The number of allylic oxidation sites excluding steroid dienone is 1. The van der Waals surface area contributed by atoms with Gasteiger partial charge in [-0.3, -0.25) is 4.79 Å². The van der Waals surface area contributed by atoms with Gasteiger partial charge in [-0.15, -0.1) is 0 Å². The summed E-state index contributed by atoms with van der Waals surface area (Å²) in [5.41, 5.74) is 0. The third-order valence-electron chi connectivity index (χ3n) is 3.52. The van der Waals surface area contributed by atoms with Crippen LogP contribution in [0.1, 0.15) is 84.0 Å². The van der Waals surface area contributed by atoms with Crippen molar-refractivity contribution in [3.05, 3.63) is 12.2 Å².